The lowest BCUT2D eigenvalue weighted by Gasteiger charge is -2.24. The summed E-state index contributed by atoms with van der Waals surface area (Å²) in [5.41, 5.74) is 0.115. The summed E-state index contributed by atoms with van der Waals surface area (Å²) in [5.74, 6) is -1.20. The third-order valence-corrected chi connectivity index (χ3v) is 3.70. The molecule has 132 valence electrons. The number of hydrogen-bond acceptors (Lipinski definition) is 4. The fourth-order valence-electron chi connectivity index (χ4n) is 1.70. The largest absolute Gasteiger partial charge is 0.456 e. The molecule has 0 heterocycles. The number of benzene rings is 1. The van der Waals surface area contributed by atoms with Gasteiger partial charge in [0.05, 0.1) is 6.42 Å². The molecule has 0 aromatic heterocycles. The van der Waals surface area contributed by atoms with E-state index in [2.05, 4.69) is 10.6 Å². The third-order valence-electron chi connectivity index (χ3n) is 3.45. The predicted octanol–water partition coefficient (Wildman–Crippen LogP) is 2.31. The minimum Gasteiger partial charge on any atom is -0.456 e. The molecule has 0 spiro atoms. The van der Waals surface area contributed by atoms with Crippen LogP contribution in [-0.2, 0) is 14.3 Å². The molecular weight excluding hydrogens is 332 g/mol. The summed E-state index contributed by atoms with van der Waals surface area (Å²) in [5, 5.41) is 5.91. The van der Waals surface area contributed by atoms with E-state index in [1.807, 2.05) is 20.8 Å². The lowest BCUT2D eigenvalue weighted by Crippen LogP contribution is -2.44. The van der Waals surface area contributed by atoms with Gasteiger partial charge >= 0.3 is 5.97 Å². The van der Waals surface area contributed by atoms with E-state index in [0.717, 1.165) is 6.42 Å². The van der Waals surface area contributed by atoms with Crippen LogP contribution in [0.15, 0.2) is 24.3 Å². The first-order valence-electron chi connectivity index (χ1n) is 7.74. The van der Waals surface area contributed by atoms with Gasteiger partial charge in [-0.2, -0.15) is 0 Å². The Hall–Kier alpha value is -2.08. The van der Waals surface area contributed by atoms with Gasteiger partial charge in [-0.25, -0.2) is 0 Å². The summed E-state index contributed by atoms with van der Waals surface area (Å²) in [6.45, 7) is 5.53. The SMILES string of the molecule is CCC(C)(C)NC(=O)COC(=O)CCNC(=O)c1ccc(Cl)cc1. The zero-order valence-corrected chi connectivity index (χ0v) is 14.9. The smallest absolute Gasteiger partial charge is 0.308 e. The van der Waals surface area contributed by atoms with Crippen molar-refractivity contribution in [3.63, 3.8) is 0 Å². The zero-order valence-electron chi connectivity index (χ0n) is 14.1. The summed E-state index contributed by atoms with van der Waals surface area (Å²) in [4.78, 5) is 35.0. The van der Waals surface area contributed by atoms with Crippen LogP contribution >= 0.6 is 11.6 Å². The average molecular weight is 355 g/mol. The first kappa shape index (κ1) is 20.0. The highest BCUT2D eigenvalue weighted by Crippen LogP contribution is 2.09. The highest BCUT2D eigenvalue weighted by atomic mass is 35.5. The number of rotatable bonds is 8. The van der Waals surface area contributed by atoms with Crippen LogP contribution in [0.1, 0.15) is 44.0 Å². The van der Waals surface area contributed by atoms with Gasteiger partial charge in [0.1, 0.15) is 0 Å². The van der Waals surface area contributed by atoms with E-state index >= 15 is 0 Å². The molecule has 0 saturated heterocycles. The minimum atomic E-state index is -0.545. The molecular formula is C17H23ClN2O4. The number of amides is 2. The summed E-state index contributed by atoms with van der Waals surface area (Å²) in [7, 11) is 0. The maximum Gasteiger partial charge on any atom is 0.308 e. The van der Waals surface area contributed by atoms with Crippen LogP contribution in [0.5, 0.6) is 0 Å². The minimum absolute atomic E-state index is 0.0101. The molecule has 24 heavy (non-hydrogen) atoms. The maximum absolute atomic E-state index is 11.8. The van der Waals surface area contributed by atoms with Gasteiger partial charge < -0.3 is 15.4 Å². The molecule has 0 aliphatic heterocycles. The van der Waals surface area contributed by atoms with E-state index in [-0.39, 0.29) is 36.9 Å². The van der Waals surface area contributed by atoms with Crippen molar-refractivity contribution in [1.82, 2.24) is 10.6 Å². The van der Waals surface area contributed by atoms with Gasteiger partial charge in [0.25, 0.3) is 11.8 Å². The highest BCUT2D eigenvalue weighted by Gasteiger charge is 2.18. The van der Waals surface area contributed by atoms with Crippen molar-refractivity contribution in [2.75, 3.05) is 13.2 Å². The number of esters is 1. The van der Waals surface area contributed by atoms with Gasteiger partial charge in [-0.05, 0) is 44.5 Å². The first-order chi connectivity index (χ1) is 11.2. The van der Waals surface area contributed by atoms with Crippen LogP contribution in [0.2, 0.25) is 5.02 Å². The molecule has 0 saturated carbocycles. The van der Waals surface area contributed by atoms with Crippen molar-refractivity contribution in [2.45, 2.75) is 39.2 Å². The predicted molar refractivity (Wildman–Crippen MR) is 91.9 cm³/mol. The van der Waals surface area contributed by atoms with Crippen LogP contribution < -0.4 is 10.6 Å². The summed E-state index contributed by atoms with van der Waals surface area (Å²) >= 11 is 5.75. The molecule has 0 radical (unpaired) electrons. The van der Waals surface area contributed by atoms with Crippen molar-refractivity contribution in [3.05, 3.63) is 34.9 Å². The molecule has 0 bridgehead atoms. The maximum atomic E-state index is 11.8. The van der Waals surface area contributed by atoms with E-state index < -0.39 is 5.97 Å². The van der Waals surface area contributed by atoms with E-state index in [0.29, 0.717) is 10.6 Å². The second-order valence-electron chi connectivity index (χ2n) is 5.96. The van der Waals surface area contributed by atoms with E-state index in [1.165, 1.54) is 0 Å². The van der Waals surface area contributed by atoms with Gasteiger partial charge in [-0.3, -0.25) is 14.4 Å². The average Bonchev–Trinajstić information content (AvgIpc) is 2.53. The Bertz CT molecular complexity index is 585. The van der Waals surface area contributed by atoms with Gasteiger partial charge in [-0.15, -0.1) is 0 Å². The fourth-order valence-corrected chi connectivity index (χ4v) is 1.83. The molecule has 6 nitrogen and oxygen atoms in total. The molecule has 1 rings (SSSR count). The van der Waals surface area contributed by atoms with E-state index in [9.17, 15) is 14.4 Å². The van der Waals surface area contributed by atoms with Gasteiger partial charge in [0, 0.05) is 22.7 Å². The van der Waals surface area contributed by atoms with Crippen LogP contribution in [-0.4, -0.2) is 36.5 Å². The van der Waals surface area contributed by atoms with Crippen LogP contribution in [0.3, 0.4) is 0 Å². The summed E-state index contributed by atoms with van der Waals surface area (Å²) < 4.78 is 4.88. The Kier molecular flexibility index (Phi) is 7.71. The van der Waals surface area contributed by atoms with E-state index in [4.69, 9.17) is 16.3 Å². The number of carbonyl (C=O) groups excluding carboxylic acids is 3. The second-order valence-corrected chi connectivity index (χ2v) is 6.40. The molecule has 7 heteroatoms. The standard InChI is InChI=1S/C17H23ClN2O4/c1-4-17(2,3)20-14(21)11-24-15(22)9-10-19-16(23)12-5-7-13(18)8-6-12/h5-8H,4,9-11H2,1-3H3,(H,19,23)(H,20,21). The summed E-state index contributed by atoms with van der Waals surface area (Å²) in [6.07, 6.45) is 0.757. The van der Waals surface area contributed by atoms with Crippen LogP contribution in [0, 0.1) is 0 Å². The number of hydrogen-bond donors (Lipinski definition) is 2. The summed E-state index contributed by atoms with van der Waals surface area (Å²) in [6, 6.07) is 6.41. The highest BCUT2D eigenvalue weighted by molar-refractivity contribution is 6.30. The van der Waals surface area contributed by atoms with Crippen molar-refractivity contribution < 1.29 is 19.1 Å². The van der Waals surface area contributed by atoms with Gasteiger partial charge in [0.15, 0.2) is 6.61 Å². The topological polar surface area (TPSA) is 84.5 Å². The quantitative estimate of drug-likeness (QED) is 0.701. The lowest BCUT2D eigenvalue weighted by atomic mass is 10.0. The molecule has 0 aliphatic rings. The monoisotopic (exact) mass is 354 g/mol. The Balaban J connectivity index is 2.25. The zero-order chi connectivity index (χ0) is 18.2. The van der Waals surface area contributed by atoms with Crippen molar-refractivity contribution in [3.8, 4) is 0 Å². The van der Waals surface area contributed by atoms with Crippen molar-refractivity contribution in [1.29, 1.82) is 0 Å². The first-order valence-corrected chi connectivity index (χ1v) is 8.11. The fraction of sp³-hybridized carbons (Fsp3) is 0.471. The lowest BCUT2D eigenvalue weighted by molar-refractivity contribution is -0.148. The molecule has 0 unspecified atom stereocenters. The normalized spacial score (nSPS) is 10.8. The molecule has 0 fully saturated rings. The Morgan fingerprint density at radius 2 is 1.79 bits per heavy atom. The Labute approximate surface area is 146 Å². The second kappa shape index (κ2) is 9.27. The molecule has 1 aromatic rings. The number of ether oxygens (including phenoxy) is 1. The third kappa shape index (κ3) is 7.46. The molecule has 0 aliphatic carbocycles. The number of halogens is 1. The van der Waals surface area contributed by atoms with Crippen LogP contribution in [0.25, 0.3) is 0 Å². The number of carbonyl (C=O) groups is 3. The Morgan fingerprint density at radius 3 is 2.38 bits per heavy atom. The molecule has 2 amide bonds. The Morgan fingerprint density at radius 1 is 1.17 bits per heavy atom. The number of nitrogens with one attached hydrogen (secondary N) is 2. The van der Waals surface area contributed by atoms with Crippen molar-refractivity contribution >= 4 is 29.4 Å². The van der Waals surface area contributed by atoms with Crippen LogP contribution in [0.4, 0.5) is 0 Å². The van der Waals surface area contributed by atoms with E-state index in [1.54, 1.807) is 24.3 Å². The molecule has 2 N–H and O–H groups in total. The molecule has 1 aromatic carbocycles. The molecule has 0 atom stereocenters. The van der Waals surface area contributed by atoms with Crippen molar-refractivity contribution in [2.24, 2.45) is 0 Å². The van der Waals surface area contributed by atoms with Gasteiger partial charge in [0.2, 0.25) is 0 Å². The van der Waals surface area contributed by atoms with Gasteiger partial charge in [-0.1, -0.05) is 18.5 Å².